The molecule has 1 saturated heterocycles. The average molecular weight is 510 g/mol. The topological polar surface area (TPSA) is 65.9 Å². The molecule has 0 bridgehead atoms. The highest BCUT2D eigenvalue weighted by Crippen LogP contribution is 2.18. The molecule has 0 aliphatic carbocycles. The van der Waals surface area contributed by atoms with E-state index in [-0.39, 0.29) is 24.0 Å². The van der Waals surface area contributed by atoms with Gasteiger partial charge in [0.05, 0.1) is 6.54 Å². The van der Waals surface area contributed by atoms with Gasteiger partial charge in [0.25, 0.3) is 0 Å². The monoisotopic (exact) mass is 510 g/mol. The Bertz CT molecular complexity index is 746. The molecule has 3 rings (SSSR count). The Labute approximate surface area is 190 Å². The van der Waals surface area contributed by atoms with Gasteiger partial charge < -0.3 is 19.9 Å². The molecule has 8 heteroatoms. The van der Waals surface area contributed by atoms with Gasteiger partial charge in [-0.2, -0.15) is 0 Å². The van der Waals surface area contributed by atoms with Crippen LogP contribution in [0.2, 0.25) is 0 Å². The number of benzene rings is 1. The first-order valence-corrected chi connectivity index (χ1v) is 9.87. The molecule has 0 spiro atoms. The van der Waals surface area contributed by atoms with E-state index >= 15 is 0 Å². The van der Waals surface area contributed by atoms with E-state index in [1.165, 1.54) is 5.56 Å². The van der Waals surface area contributed by atoms with E-state index in [2.05, 4.69) is 56.1 Å². The van der Waals surface area contributed by atoms with E-state index in [0.29, 0.717) is 19.1 Å². The molecule has 2 heterocycles. The predicted octanol–water partition coefficient (Wildman–Crippen LogP) is 2.99. The molecule has 1 aliphatic rings. The van der Waals surface area contributed by atoms with Crippen LogP contribution in [0.5, 0.6) is 5.75 Å². The van der Waals surface area contributed by atoms with Crippen LogP contribution in [-0.4, -0.2) is 67.2 Å². The fourth-order valence-electron chi connectivity index (χ4n) is 3.19. The molecular weight excluding hydrogens is 479 g/mol. The average Bonchev–Trinajstić information content (AvgIpc) is 2.75. The minimum absolute atomic E-state index is 0. The highest BCUT2D eigenvalue weighted by molar-refractivity contribution is 14.0. The first-order chi connectivity index (χ1) is 13.7. The number of rotatable bonds is 6. The zero-order chi connectivity index (χ0) is 19.8. The summed E-state index contributed by atoms with van der Waals surface area (Å²) in [5.74, 6) is 3.14. The van der Waals surface area contributed by atoms with Crippen LogP contribution in [0.3, 0.4) is 0 Å². The van der Waals surface area contributed by atoms with E-state index in [4.69, 9.17) is 4.74 Å². The summed E-state index contributed by atoms with van der Waals surface area (Å²) in [6.07, 6.45) is 3.57. The molecule has 158 valence electrons. The second-order valence-electron chi connectivity index (χ2n) is 7.07. The zero-order valence-electron chi connectivity index (χ0n) is 17.4. The maximum atomic E-state index is 5.84. The summed E-state index contributed by atoms with van der Waals surface area (Å²) in [6.45, 7) is 9.21. The number of hydrogen-bond donors (Lipinski definition) is 1. The first-order valence-electron chi connectivity index (χ1n) is 9.87. The Morgan fingerprint density at radius 3 is 2.34 bits per heavy atom. The molecule has 29 heavy (non-hydrogen) atoms. The van der Waals surface area contributed by atoms with E-state index in [1.54, 1.807) is 12.4 Å². The molecule has 1 aliphatic heterocycles. The number of ether oxygens (including phenoxy) is 1. The third-order valence-corrected chi connectivity index (χ3v) is 4.83. The minimum atomic E-state index is 0. The lowest BCUT2D eigenvalue weighted by atomic mass is 10.0. The second kappa shape index (κ2) is 11.8. The van der Waals surface area contributed by atoms with Gasteiger partial charge in [0, 0.05) is 45.6 Å². The molecule has 0 radical (unpaired) electrons. The van der Waals surface area contributed by atoms with Crippen molar-refractivity contribution >= 4 is 35.9 Å². The van der Waals surface area contributed by atoms with Gasteiger partial charge in [-0.3, -0.25) is 4.99 Å². The number of guanidine groups is 1. The summed E-state index contributed by atoms with van der Waals surface area (Å²) >= 11 is 0. The Balaban J connectivity index is 0.00000300. The molecule has 0 atom stereocenters. The van der Waals surface area contributed by atoms with Crippen molar-refractivity contribution in [3.05, 3.63) is 48.3 Å². The van der Waals surface area contributed by atoms with E-state index < -0.39 is 0 Å². The van der Waals surface area contributed by atoms with Gasteiger partial charge in [-0.05, 0) is 29.7 Å². The maximum absolute atomic E-state index is 5.84. The van der Waals surface area contributed by atoms with Gasteiger partial charge in [0.1, 0.15) is 12.4 Å². The molecule has 2 aromatic rings. The van der Waals surface area contributed by atoms with Crippen LogP contribution in [0.4, 0.5) is 5.95 Å². The van der Waals surface area contributed by atoms with Gasteiger partial charge in [-0.15, -0.1) is 24.0 Å². The van der Waals surface area contributed by atoms with Gasteiger partial charge in [-0.25, -0.2) is 9.97 Å². The van der Waals surface area contributed by atoms with Crippen molar-refractivity contribution in [2.45, 2.75) is 19.8 Å². The van der Waals surface area contributed by atoms with Gasteiger partial charge in [-0.1, -0.05) is 26.0 Å². The Hall–Kier alpha value is -2.10. The third kappa shape index (κ3) is 6.73. The second-order valence-corrected chi connectivity index (χ2v) is 7.07. The summed E-state index contributed by atoms with van der Waals surface area (Å²) in [5.41, 5.74) is 1.32. The van der Waals surface area contributed by atoms with Crippen molar-refractivity contribution in [3.8, 4) is 5.75 Å². The Kier molecular flexibility index (Phi) is 9.43. The van der Waals surface area contributed by atoms with Crippen LogP contribution < -0.4 is 15.0 Å². The van der Waals surface area contributed by atoms with Crippen molar-refractivity contribution < 1.29 is 4.74 Å². The molecule has 1 aromatic heterocycles. The quantitative estimate of drug-likeness (QED) is 0.279. The molecule has 0 amide bonds. The number of anilines is 1. The number of aromatic nitrogens is 2. The fraction of sp³-hybridized carbons (Fsp3) is 0.476. The maximum Gasteiger partial charge on any atom is 0.225 e. The van der Waals surface area contributed by atoms with Crippen LogP contribution in [0, 0.1) is 0 Å². The van der Waals surface area contributed by atoms with Crippen molar-refractivity contribution in [2.75, 3.05) is 51.3 Å². The first kappa shape index (κ1) is 23.2. The van der Waals surface area contributed by atoms with Crippen LogP contribution in [-0.2, 0) is 0 Å². The van der Waals surface area contributed by atoms with Crippen molar-refractivity contribution in [2.24, 2.45) is 4.99 Å². The van der Waals surface area contributed by atoms with Gasteiger partial charge >= 0.3 is 0 Å². The molecular formula is C21H31IN6O. The van der Waals surface area contributed by atoms with Crippen LogP contribution in [0.25, 0.3) is 0 Å². The normalized spacial score (nSPS) is 14.6. The van der Waals surface area contributed by atoms with E-state index in [9.17, 15) is 0 Å². The largest absolute Gasteiger partial charge is 0.492 e. The summed E-state index contributed by atoms with van der Waals surface area (Å²) in [7, 11) is 1.82. The number of nitrogens with one attached hydrogen (secondary N) is 1. The molecule has 0 unspecified atom stereocenters. The smallest absolute Gasteiger partial charge is 0.225 e. The highest BCUT2D eigenvalue weighted by Gasteiger charge is 2.20. The van der Waals surface area contributed by atoms with Crippen molar-refractivity contribution in [1.82, 2.24) is 20.2 Å². The Morgan fingerprint density at radius 1 is 1.10 bits per heavy atom. The van der Waals surface area contributed by atoms with E-state index in [1.807, 2.05) is 25.2 Å². The molecule has 7 nitrogen and oxygen atoms in total. The number of aliphatic imine (C=N–C) groups is 1. The summed E-state index contributed by atoms with van der Waals surface area (Å²) < 4.78 is 5.84. The highest BCUT2D eigenvalue weighted by atomic mass is 127. The molecule has 1 N–H and O–H groups in total. The summed E-state index contributed by atoms with van der Waals surface area (Å²) in [6, 6.07) is 10.2. The minimum Gasteiger partial charge on any atom is -0.492 e. The lowest BCUT2D eigenvalue weighted by Crippen LogP contribution is -2.53. The molecule has 1 fully saturated rings. The van der Waals surface area contributed by atoms with E-state index in [0.717, 1.165) is 43.8 Å². The van der Waals surface area contributed by atoms with Crippen LogP contribution in [0.1, 0.15) is 25.3 Å². The van der Waals surface area contributed by atoms with Crippen molar-refractivity contribution in [1.29, 1.82) is 0 Å². The zero-order valence-corrected chi connectivity index (χ0v) is 19.7. The van der Waals surface area contributed by atoms with Crippen molar-refractivity contribution in [3.63, 3.8) is 0 Å². The number of nitrogens with zero attached hydrogens (tertiary/aromatic N) is 5. The number of halogens is 1. The van der Waals surface area contributed by atoms with Crippen LogP contribution >= 0.6 is 24.0 Å². The third-order valence-electron chi connectivity index (χ3n) is 4.83. The summed E-state index contributed by atoms with van der Waals surface area (Å²) in [4.78, 5) is 17.5. The van der Waals surface area contributed by atoms with Gasteiger partial charge in [0.15, 0.2) is 5.96 Å². The Morgan fingerprint density at radius 2 is 1.76 bits per heavy atom. The fourth-order valence-corrected chi connectivity index (χ4v) is 3.19. The van der Waals surface area contributed by atoms with Gasteiger partial charge in [0.2, 0.25) is 5.95 Å². The molecule has 1 aromatic carbocycles. The number of piperazine rings is 1. The predicted molar refractivity (Wildman–Crippen MR) is 129 cm³/mol. The summed E-state index contributed by atoms with van der Waals surface area (Å²) in [5, 5.41) is 3.39. The molecule has 0 saturated carbocycles. The standard InChI is InChI=1S/C21H30N6O.HI/c1-17(2)18-5-7-19(8-6-18)28-16-11-25-20(22-3)26-12-14-27(15-13-26)21-23-9-4-10-24-21;/h4-10,17H,11-16H2,1-3H3,(H,22,25);1H. The number of hydrogen-bond acceptors (Lipinski definition) is 5. The SMILES string of the molecule is CN=C(NCCOc1ccc(C(C)C)cc1)N1CCN(c2ncccn2)CC1.I. The lowest BCUT2D eigenvalue weighted by Gasteiger charge is -2.36. The lowest BCUT2D eigenvalue weighted by molar-refractivity contribution is 0.314. The van der Waals surface area contributed by atoms with Crippen LogP contribution in [0.15, 0.2) is 47.7 Å².